The van der Waals surface area contributed by atoms with Crippen LogP contribution in [-0.4, -0.2) is 12.9 Å². The van der Waals surface area contributed by atoms with Gasteiger partial charge in [-0.25, -0.2) is 0 Å². The fraction of sp³-hybridized carbons (Fsp3) is 0.308. The van der Waals surface area contributed by atoms with E-state index in [4.69, 9.17) is 43.1 Å². The number of halogens is 2. The lowest BCUT2D eigenvalue weighted by Crippen LogP contribution is -2.33. The molecule has 1 aliphatic carbocycles. The highest BCUT2D eigenvalue weighted by atomic mass is 35.5. The second-order valence-corrected chi connectivity index (χ2v) is 10.00. The third kappa shape index (κ3) is 4.59. The molecule has 1 aliphatic heterocycles. The van der Waals surface area contributed by atoms with Gasteiger partial charge in [-0.1, -0.05) is 49.2 Å². The van der Waals surface area contributed by atoms with Crippen LogP contribution in [0, 0.1) is 16.7 Å². The van der Waals surface area contributed by atoms with E-state index in [-0.39, 0.29) is 34.3 Å². The molecule has 0 spiro atoms. The predicted octanol–water partition coefficient (Wildman–Crippen LogP) is 6.03. The fourth-order valence-corrected chi connectivity index (χ4v) is 4.80. The van der Waals surface area contributed by atoms with Crippen LogP contribution in [0.25, 0.3) is 0 Å². The minimum absolute atomic E-state index is 0.00472. The summed E-state index contributed by atoms with van der Waals surface area (Å²) >= 11 is 12.6. The van der Waals surface area contributed by atoms with Crippen LogP contribution in [0.4, 0.5) is 0 Å². The molecule has 0 saturated heterocycles. The van der Waals surface area contributed by atoms with Gasteiger partial charge in [0.05, 0.1) is 18.1 Å². The minimum atomic E-state index is -0.700. The molecule has 0 fully saturated rings. The quantitative estimate of drug-likeness (QED) is 0.540. The lowest BCUT2D eigenvalue weighted by atomic mass is 9.70. The van der Waals surface area contributed by atoms with E-state index in [2.05, 4.69) is 6.07 Å². The maximum Gasteiger partial charge on any atom is 0.205 e. The molecule has 6 nitrogen and oxygen atoms in total. The number of carbonyl (C=O) groups excluding carboxylic acids is 1. The average molecular weight is 499 g/mol. The Bertz CT molecular complexity index is 1260. The van der Waals surface area contributed by atoms with Crippen molar-refractivity contribution in [2.24, 2.45) is 11.1 Å². The van der Waals surface area contributed by atoms with E-state index in [1.165, 1.54) is 7.11 Å². The number of nitrogens with zero attached hydrogens (tertiary/aromatic N) is 1. The summed E-state index contributed by atoms with van der Waals surface area (Å²) < 4.78 is 17.3. The summed E-state index contributed by atoms with van der Waals surface area (Å²) in [5, 5.41) is 10.8. The van der Waals surface area contributed by atoms with Crippen LogP contribution in [0.2, 0.25) is 10.0 Å². The molecule has 34 heavy (non-hydrogen) atoms. The number of ketones is 1. The lowest BCUT2D eigenvalue weighted by Gasteiger charge is -2.37. The summed E-state index contributed by atoms with van der Waals surface area (Å²) in [5.41, 5.74) is 7.96. The molecule has 0 radical (unpaired) electrons. The first-order chi connectivity index (χ1) is 16.1. The topological polar surface area (TPSA) is 94.6 Å². The van der Waals surface area contributed by atoms with Crippen LogP contribution in [0.15, 0.2) is 59.2 Å². The number of rotatable bonds is 5. The molecular formula is C26H24Cl2N2O4. The summed E-state index contributed by atoms with van der Waals surface area (Å²) in [6, 6.07) is 12.8. The number of methoxy groups -OCH3 is 1. The Hall–Kier alpha value is -3.14. The van der Waals surface area contributed by atoms with Crippen LogP contribution in [0.1, 0.15) is 43.7 Å². The molecule has 176 valence electrons. The van der Waals surface area contributed by atoms with Gasteiger partial charge in [0, 0.05) is 23.4 Å². The van der Waals surface area contributed by atoms with Gasteiger partial charge in [0.1, 0.15) is 24.0 Å². The predicted molar refractivity (Wildman–Crippen MR) is 129 cm³/mol. The van der Waals surface area contributed by atoms with Crippen LogP contribution in [0.3, 0.4) is 0 Å². The molecule has 0 amide bonds. The van der Waals surface area contributed by atoms with Crippen molar-refractivity contribution in [3.63, 3.8) is 0 Å². The molecule has 4 rings (SSSR count). The number of Topliss-reactive ketones (excluding diaryl/α,β-unsaturated/α-hetero) is 1. The zero-order chi connectivity index (χ0) is 24.6. The number of allylic oxidation sites excluding steroid dienone is 3. The van der Waals surface area contributed by atoms with Crippen molar-refractivity contribution in [1.29, 1.82) is 5.26 Å². The largest absolute Gasteiger partial charge is 0.493 e. The maximum atomic E-state index is 13.2. The van der Waals surface area contributed by atoms with E-state index in [9.17, 15) is 10.1 Å². The molecule has 2 aliphatic rings. The zero-order valence-electron chi connectivity index (χ0n) is 19.1. The van der Waals surface area contributed by atoms with Crippen molar-refractivity contribution in [3.8, 4) is 17.6 Å². The van der Waals surface area contributed by atoms with Crippen LogP contribution >= 0.6 is 23.2 Å². The number of hydrogen-bond acceptors (Lipinski definition) is 6. The van der Waals surface area contributed by atoms with Crippen molar-refractivity contribution in [2.45, 2.75) is 39.2 Å². The highest BCUT2D eigenvalue weighted by Gasteiger charge is 2.43. The number of benzene rings is 2. The highest BCUT2D eigenvalue weighted by Crippen LogP contribution is 2.50. The third-order valence-corrected chi connectivity index (χ3v) is 6.49. The van der Waals surface area contributed by atoms with Gasteiger partial charge in [0.25, 0.3) is 0 Å². The van der Waals surface area contributed by atoms with Crippen LogP contribution in [-0.2, 0) is 16.1 Å². The zero-order valence-corrected chi connectivity index (χ0v) is 20.6. The van der Waals surface area contributed by atoms with Crippen molar-refractivity contribution in [3.05, 3.63) is 80.4 Å². The fourth-order valence-electron chi connectivity index (χ4n) is 4.40. The van der Waals surface area contributed by atoms with E-state index < -0.39 is 5.92 Å². The number of hydrogen-bond donors (Lipinski definition) is 1. The molecule has 0 aromatic heterocycles. The Morgan fingerprint density at radius 2 is 1.91 bits per heavy atom. The molecule has 8 heteroatoms. The first kappa shape index (κ1) is 24.0. The number of nitriles is 1. The van der Waals surface area contributed by atoms with Gasteiger partial charge in [0.15, 0.2) is 17.3 Å². The molecular weight excluding hydrogens is 475 g/mol. The van der Waals surface area contributed by atoms with Gasteiger partial charge in [-0.2, -0.15) is 5.26 Å². The van der Waals surface area contributed by atoms with E-state index in [1.54, 1.807) is 24.3 Å². The van der Waals surface area contributed by atoms with Crippen LogP contribution in [0.5, 0.6) is 11.5 Å². The monoisotopic (exact) mass is 498 g/mol. The molecule has 2 N–H and O–H groups in total. The Morgan fingerprint density at radius 3 is 2.56 bits per heavy atom. The van der Waals surface area contributed by atoms with Crippen molar-refractivity contribution < 1.29 is 19.0 Å². The Balaban J connectivity index is 1.75. The van der Waals surface area contributed by atoms with Gasteiger partial charge in [0.2, 0.25) is 5.88 Å². The minimum Gasteiger partial charge on any atom is -0.493 e. The maximum absolute atomic E-state index is 13.2. The normalized spacial score (nSPS) is 19.3. The summed E-state index contributed by atoms with van der Waals surface area (Å²) in [4.78, 5) is 13.2. The van der Waals surface area contributed by atoms with Crippen molar-refractivity contribution in [2.75, 3.05) is 7.11 Å². The smallest absolute Gasteiger partial charge is 0.205 e. The summed E-state index contributed by atoms with van der Waals surface area (Å²) in [6.45, 7) is 4.25. The van der Waals surface area contributed by atoms with Crippen molar-refractivity contribution >= 4 is 29.0 Å². The number of nitrogens with two attached hydrogens (primary N) is 1. The second-order valence-electron chi connectivity index (χ2n) is 9.15. The molecule has 2 aromatic rings. The molecule has 0 saturated carbocycles. The Labute approximate surface area is 208 Å². The first-order valence-electron chi connectivity index (χ1n) is 10.7. The summed E-state index contributed by atoms with van der Waals surface area (Å²) in [7, 11) is 1.50. The first-order valence-corrected chi connectivity index (χ1v) is 11.5. The molecule has 1 unspecified atom stereocenters. The molecule has 2 aromatic carbocycles. The average Bonchev–Trinajstić information content (AvgIpc) is 2.77. The number of carbonyl (C=O) groups is 1. The number of ether oxygens (including phenoxy) is 3. The Kier molecular flexibility index (Phi) is 6.53. The molecule has 0 bridgehead atoms. The SMILES string of the molecule is COc1cc(C2C(C#N)=C(N)OC3=C2C(=O)CC(C)(C)C3)cc(Cl)c1OCc1ccc(Cl)cc1. The van der Waals surface area contributed by atoms with Gasteiger partial charge < -0.3 is 19.9 Å². The standard InChI is InChI=1S/C26H24Cl2N2O4/c1-26(2)10-19(31)23-21(11-26)34-25(30)17(12-29)22(23)15-8-18(28)24(20(9-15)32-3)33-13-14-4-6-16(27)7-5-14/h4-9,22H,10-11,13,30H2,1-3H3. The highest BCUT2D eigenvalue weighted by molar-refractivity contribution is 6.32. The second kappa shape index (κ2) is 9.25. The van der Waals surface area contributed by atoms with Gasteiger partial charge >= 0.3 is 0 Å². The van der Waals surface area contributed by atoms with Gasteiger partial charge in [-0.05, 0) is 40.8 Å². The van der Waals surface area contributed by atoms with Crippen LogP contribution < -0.4 is 15.2 Å². The van der Waals surface area contributed by atoms with Gasteiger partial charge in [-0.15, -0.1) is 0 Å². The van der Waals surface area contributed by atoms with E-state index in [0.717, 1.165) is 5.56 Å². The van der Waals surface area contributed by atoms with E-state index in [0.29, 0.717) is 46.3 Å². The van der Waals surface area contributed by atoms with E-state index in [1.807, 2.05) is 26.0 Å². The summed E-state index contributed by atoms with van der Waals surface area (Å²) in [6.07, 6.45) is 0.884. The Morgan fingerprint density at radius 1 is 1.21 bits per heavy atom. The lowest BCUT2D eigenvalue weighted by molar-refractivity contribution is -0.119. The van der Waals surface area contributed by atoms with E-state index >= 15 is 0 Å². The molecule has 1 heterocycles. The summed E-state index contributed by atoms with van der Waals surface area (Å²) in [5.74, 6) is 0.458. The van der Waals surface area contributed by atoms with Gasteiger partial charge in [-0.3, -0.25) is 4.79 Å². The van der Waals surface area contributed by atoms with Crippen molar-refractivity contribution in [1.82, 2.24) is 0 Å². The molecule has 1 atom stereocenters. The third-order valence-electron chi connectivity index (χ3n) is 5.96.